The molecule has 0 atom stereocenters. The van der Waals surface area contributed by atoms with Crippen molar-refractivity contribution in [2.75, 3.05) is 7.11 Å². The maximum Gasteiger partial charge on any atom is 0.179 e. The molecule has 0 bridgehead atoms. The van der Waals surface area contributed by atoms with E-state index < -0.39 is 0 Å². The standard InChI is InChI=1S/C8H7ClO3/c1-12-8-6(9)3-2-5(4-10)7(8)11/h2-4,11H,1H3. The molecule has 12 heavy (non-hydrogen) atoms. The first kappa shape index (κ1) is 8.87. The Morgan fingerprint density at radius 1 is 1.58 bits per heavy atom. The molecule has 4 heteroatoms. The molecule has 0 aliphatic carbocycles. The van der Waals surface area contributed by atoms with Crippen molar-refractivity contribution in [3.63, 3.8) is 0 Å². The normalized spacial score (nSPS) is 9.50. The largest absolute Gasteiger partial charge is 0.504 e. The number of methoxy groups -OCH3 is 1. The van der Waals surface area contributed by atoms with Crippen LogP contribution in [-0.4, -0.2) is 18.5 Å². The highest BCUT2D eigenvalue weighted by Gasteiger charge is 2.10. The minimum atomic E-state index is -0.222. The van der Waals surface area contributed by atoms with Crippen molar-refractivity contribution in [2.45, 2.75) is 0 Å². The summed E-state index contributed by atoms with van der Waals surface area (Å²) in [6.45, 7) is 0. The Labute approximate surface area is 74.5 Å². The minimum absolute atomic E-state index is 0.126. The van der Waals surface area contributed by atoms with Crippen molar-refractivity contribution < 1.29 is 14.6 Å². The predicted molar refractivity (Wildman–Crippen MR) is 45.1 cm³/mol. The van der Waals surface area contributed by atoms with Gasteiger partial charge < -0.3 is 9.84 Å². The van der Waals surface area contributed by atoms with Crippen LogP contribution in [-0.2, 0) is 0 Å². The van der Waals surface area contributed by atoms with E-state index in [9.17, 15) is 9.90 Å². The van der Waals surface area contributed by atoms with Crippen LogP contribution in [0.5, 0.6) is 11.5 Å². The first-order valence-electron chi connectivity index (χ1n) is 3.21. The van der Waals surface area contributed by atoms with Gasteiger partial charge in [0.15, 0.2) is 17.8 Å². The SMILES string of the molecule is COc1c(Cl)ccc(C=O)c1O. The van der Waals surface area contributed by atoms with E-state index in [0.29, 0.717) is 6.29 Å². The lowest BCUT2D eigenvalue weighted by Gasteiger charge is -2.06. The van der Waals surface area contributed by atoms with Crippen molar-refractivity contribution >= 4 is 17.9 Å². The molecule has 0 radical (unpaired) electrons. The van der Waals surface area contributed by atoms with Crippen LogP contribution in [0.25, 0.3) is 0 Å². The van der Waals surface area contributed by atoms with Gasteiger partial charge in [0.2, 0.25) is 0 Å². The third-order valence-electron chi connectivity index (χ3n) is 1.45. The highest BCUT2D eigenvalue weighted by molar-refractivity contribution is 6.32. The number of phenols is 1. The molecule has 1 rings (SSSR count). The molecule has 3 nitrogen and oxygen atoms in total. The van der Waals surface area contributed by atoms with E-state index in [0.717, 1.165) is 0 Å². The van der Waals surface area contributed by atoms with Gasteiger partial charge in [-0.15, -0.1) is 0 Å². The number of aldehydes is 1. The average molecular weight is 187 g/mol. The highest BCUT2D eigenvalue weighted by Crippen LogP contribution is 2.35. The van der Waals surface area contributed by atoms with Crippen LogP contribution in [0.3, 0.4) is 0 Å². The molecule has 1 N–H and O–H groups in total. The third kappa shape index (κ3) is 1.36. The molecule has 0 aliphatic rings. The van der Waals surface area contributed by atoms with Gasteiger partial charge in [-0.05, 0) is 12.1 Å². The number of carbonyl (C=O) groups is 1. The van der Waals surface area contributed by atoms with Gasteiger partial charge in [-0.1, -0.05) is 11.6 Å². The lowest BCUT2D eigenvalue weighted by atomic mass is 10.2. The monoisotopic (exact) mass is 186 g/mol. The second-order valence-corrected chi connectivity index (χ2v) is 2.54. The van der Waals surface area contributed by atoms with Crippen LogP contribution in [0.1, 0.15) is 10.4 Å². The van der Waals surface area contributed by atoms with Gasteiger partial charge in [0.25, 0.3) is 0 Å². The zero-order chi connectivity index (χ0) is 9.14. The molecule has 0 aromatic heterocycles. The number of benzene rings is 1. The molecule has 0 aliphatic heterocycles. The van der Waals surface area contributed by atoms with Crippen molar-refractivity contribution in [2.24, 2.45) is 0 Å². The molecular weight excluding hydrogens is 180 g/mol. The molecule has 64 valence electrons. The minimum Gasteiger partial charge on any atom is -0.504 e. The number of aromatic hydroxyl groups is 1. The molecule has 0 spiro atoms. The molecule has 0 saturated carbocycles. The van der Waals surface area contributed by atoms with Gasteiger partial charge in [0.05, 0.1) is 17.7 Å². The van der Waals surface area contributed by atoms with E-state index in [-0.39, 0.29) is 22.1 Å². The Kier molecular flexibility index (Phi) is 2.55. The summed E-state index contributed by atoms with van der Waals surface area (Å²) in [6, 6.07) is 2.91. The number of carbonyl (C=O) groups excluding carboxylic acids is 1. The van der Waals surface area contributed by atoms with Gasteiger partial charge in [-0.3, -0.25) is 4.79 Å². The number of phenolic OH excluding ortho intramolecular Hbond substituents is 1. The number of rotatable bonds is 2. The second-order valence-electron chi connectivity index (χ2n) is 2.14. The summed E-state index contributed by atoms with van der Waals surface area (Å²) in [4.78, 5) is 10.3. The zero-order valence-electron chi connectivity index (χ0n) is 6.37. The van der Waals surface area contributed by atoms with E-state index >= 15 is 0 Å². The third-order valence-corrected chi connectivity index (χ3v) is 1.74. The second kappa shape index (κ2) is 3.45. The van der Waals surface area contributed by atoms with E-state index in [1.807, 2.05) is 0 Å². The van der Waals surface area contributed by atoms with Crippen molar-refractivity contribution in [1.82, 2.24) is 0 Å². The Hall–Kier alpha value is -1.22. The topological polar surface area (TPSA) is 46.5 Å². The summed E-state index contributed by atoms with van der Waals surface area (Å²) in [7, 11) is 1.37. The molecule has 0 fully saturated rings. The number of halogens is 1. The fourth-order valence-electron chi connectivity index (χ4n) is 0.851. The molecule has 1 aromatic carbocycles. The molecule has 0 unspecified atom stereocenters. The first-order valence-corrected chi connectivity index (χ1v) is 3.59. The first-order chi connectivity index (χ1) is 5.70. The van der Waals surface area contributed by atoms with Crippen LogP contribution in [0.15, 0.2) is 12.1 Å². The van der Waals surface area contributed by atoms with Crippen LogP contribution >= 0.6 is 11.6 Å². The van der Waals surface area contributed by atoms with Crippen LogP contribution in [0, 0.1) is 0 Å². The summed E-state index contributed by atoms with van der Waals surface area (Å²) in [5, 5.41) is 9.61. The molecule has 0 amide bonds. The Morgan fingerprint density at radius 3 is 2.75 bits per heavy atom. The van der Waals surface area contributed by atoms with Gasteiger partial charge in [-0.25, -0.2) is 0 Å². The molecule has 0 heterocycles. The number of hydrogen-bond acceptors (Lipinski definition) is 3. The lowest BCUT2D eigenvalue weighted by molar-refractivity contribution is 0.112. The smallest absolute Gasteiger partial charge is 0.179 e. The zero-order valence-corrected chi connectivity index (χ0v) is 7.13. The van der Waals surface area contributed by atoms with Gasteiger partial charge in [0.1, 0.15) is 0 Å². The number of ether oxygens (including phenoxy) is 1. The summed E-state index contributed by atoms with van der Waals surface area (Å²) < 4.78 is 4.78. The number of hydrogen-bond donors (Lipinski definition) is 1. The van der Waals surface area contributed by atoms with E-state index in [4.69, 9.17) is 16.3 Å². The van der Waals surface area contributed by atoms with Crippen molar-refractivity contribution in [3.05, 3.63) is 22.7 Å². The lowest BCUT2D eigenvalue weighted by Crippen LogP contribution is -1.88. The summed E-state index contributed by atoms with van der Waals surface area (Å²) in [5.74, 6) is -0.0960. The van der Waals surface area contributed by atoms with Crippen molar-refractivity contribution in [1.29, 1.82) is 0 Å². The van der Waals surface area contributed by atoms with Crippen LogP contribution in [0.2, 0.25) is 5.02 Å². The van der Waals surface area contributed by atoms with Gasteiger partial charge >= 0.3 is 0 Å². The van der Waals surface area contributed by atoms with Crippen molar-refractivity contribution in [3.8, 4) is 11.5 Å². The maximum absolute atomic E-state index is 10.3. The van der Waals surface area contributed by atoms with Gasteiger partial charge in [0, 0.05) is 0 Å². The predicted octanol–water partition coefficient (Wildman–Crippen LogP) is 1.87. The molecule has 0 saturated heterocycles. The summed E-state index contributed by atoms with van der Waals surface area (Å²) >= 11 is 5.66. The van der Waals surface area contributed by atoms with E-state index in [1.54, 1.807) is 0 Å². The summed E-state index contributed by atoms with van der Waals surface area (Å²) in [6.07, 6.45) is 0.536. The molecule has 1 aromatic rings. The fraction of sp³-hybridized carbons (Fsp3) is 0.125. The van der Waals surface area contributed by atoms with Gasteiger partial charge in [-0.2, -0.15) is 0 Å². The Balaban J connectivity index is 3.33. The Morgan fingerprint density at radius 2 is 2.25 bits per heavy atom. The molecular formula is C8H7ClO3. The Bertz CT molecular complexity index is 309. The van der Waals surface area contributed by atoms with Crippen LogP contribution in [0.4, 0.5) is 0 Å². The maximum atomic E-state index is 10.3. The summed E-state index contributed by atoms with van der Waals surface area (Å²) in [5.41, 5.74) is 0.163. The average Bonchev–Trinajstić information content (AvgIpc) is 2.06. The highest BCUT2D eigenvalue weighted by atomic mass is 35.5. The fourth-order valence-corrected chi connectivity index (χ4v) is 1.08. The van der Waals surface area contributed by atoms with Crippen LogP contribution < -0.4 is 4.74 Å². The quantitative estimate of drug-likeness (QED) is 0.718. The van der Waals surface area contributed by atoms with E-state index in [2.05, 4.69) is 0 Å². The van der Waals surface area contributed by atoms with E-state index in [1.165, 1.54) is 19.2 Å².